The molecule has 1 aromatic heterocycles. The van der Waals surface area contributed by atoms with Gasteiger partial charge in [-0.15, -0.1) is 0 Å². The van der Waals surface area contributed by atoms with Crippen molar-refractivity contribution in [2.24, 2.45) is 0 Å². The zero-order chi connectivity index (χ0) is 13.3. The first kappa shape index (κ1) is 12.8. The average Bonchev–Trinajstić information content (AvgIpc) is 2.71. The molecule has 0 spiro atoms. The maximum Gasteiger partial charge on any atom is 0.313 e. The molecule has 0 fully saturated rings. The molecule has 18 heavy (non-hydrogen) atoms. The lowest BCUT2D eigenvalue weighted by Gasteiger charge is -2.02. The highest BCUT2D eigenvalue weighted by atomic mass is 79.9. The number of carboxylic acids is 1. The van der Waals surface area contributed by atoms with E-state index in [1.807, 2.05) is 31.2 Å². The second-order valence-electron chi connectivity index (χ2n) is 4.14. The van der Waals surface area contributed by atoms with Gasteiger partial charge in [0.15, 0.2) is 0 Å². The number of rotatable bonds is 3. The molecular weight excluding hydrogens is 296 g/mol. The largest absolute Gasteiger partial charge is 0.481 e. The number of aliphatic carboxylic acids is 1. The highest BCUT2D eigenvalue weighted by molar-refractivity contribution is 9.10. The van der Waals surface area contributed by atoms with Crippen LogP contribution in [-0.2, 0) is 4.79 Å². The average molecular weight is 309 g/mol. The molecule has 2 N–H and O–H groups in total. The zero-order valence-electron chi connectivity index (χ0n) is 10.1. The highest BCUT2D eigenvalue weighted by Crippen LogP contribution is 2.30. The van der Waals surface area contributed by atoms with Crippen molar-refractivity contribution in [1.29, 1.82) is 0 Å². The van der Waals surface area contributed by atoms with E-state index in [4.69, 9.17) is 5.11 Å². The first-order valence-corrected chi connectivity index (χ1v) is 6.34. The molecule has 0 bridgehead atoms. The van der Waals surface area contributed by atoms with Crippen molar-refractivity contribution < 1.29 is 9.90 Å². The first-order chi connectivity index (χ1) is 8.50. The number of aromatic amines is 1. The molecule has 0 radical (unpaired) electrons. The Morgan fingerprint density at radius 1 is 1.44 bits per heavy atom. The maximum atomic E-state index is 11.0. The number of benzene rings is 1. The number of carboxylic acid groups (broad SMARTS) is 1. The van der Waals surface area contributed by atoms with Gasteiger partial charge in [0.25, 0.3) is 0 Å². The molecule has 1 atom stereocenters. The van der Waals surface area contributed by atoms with Crippen LogP contribution < -0.4 is 0 Å². The van der Waals surface area contributed by atoms with Crippen molar-refractivity contribution in [3.8, 4) is 11.3 Å². The number of aryl methyl sites for hydroxylation is 1. The molecule has 0 aliphatic rings. The number of halogens is 1. The van der Waals surface area contributed by atoms with Gasteiger partial charge in [0.1, 0.15) is 11.7 Å². The molecule has 0 amide bonds. The van der Waals surface area contributed by atoms with Crippen molar-refractivity contribution in [3.63, 3.8) is 0 Å². The van der Waals surface area contributed by atoms with Crippen molar-refractivity contribution >= 4 is 21.9 Å². The molecule has 2 rings (SSSR count). The third-order valence-corrected chi connectivity index (χ3v) is 3.50. The van der Waals surface area contributed by atoms with Gasteiger partial charge in [-0.2, -0.15) is 0 Å². The highest BCUT2D eigenvalue weighted by Gasteiger charge is 2.20. The first-order valence-electron chi connectivity index (χ1n) is 5.55. The van der Waals surface area contributed by atoms with Crippen LogP contribution in [-0.4, -0.2) is 21.0 Å². The molecule has 0 aliphatic heterocycles. The summed E-state index contributed by atoms with van der Waals surface area (Å²) in [5.41, 5.74) is 2.60. The Balaban J connectivity index is 2.48. The summed E-state index contributed by atoms with van der Waals surface area (Å²) in [6, 6.07) is 7.73. The van der Waals surface area contributed by atoms with Gasteiger partial charge in [0.2, 0.25) is 0 Å². The maximum absolute atomic E-state index is 11.0. The van der Waals surface area contributed by atoms with E-state index in [-0.39, 0.29) is 0 Å². The van der Waals surface area contributed by atoms with Crippen LogP contribution in [0.25, 0.3) is 11.3 Å². The summed E-state index contributed by atoms with van der Waals surface area (Å²) in [5.74, 6) is -1.05. The molecule has 5 heteroatoms. The zero-order valence-corrected chi connectivity index (χ0v) is 11.7. The third kappa shape index (κ3) is 2.31. The number of nitrogens with zero attached hydrogens (tertiary/aromatic N) is 1. The topological polar surface area (TPSA) is 66.0 Å². The summed E-state index contributed by atoms with van der Waals surface area (Å²) in [6.45, 7) is 3.50. The van der Waals surface area contributed by atoms with Gasteiger partial charge in [-0.3, -0.25) is 4.79 Å². The summed E-state index contributed by atoms with van der Waals surface area (Å²) in [7, 11) is 0. The van der Waals surface area contributed by atoms with Gasteiger partial charge in [-0.25, -0.2) is 4.98 Å². The fourth-order valence-corrected chi connectivity index (χ4v) is 2.19. The standard InChI is InChI=1S/C13H13BrN2O2/c1-7(13(17)18)12-15-8(2)11(16-12)9-5-3-4-6-10(9)14/h3-7H,1-2H3,(H,15,16)(H,17,18). The van der Waals surface area contributed by atoms with Crippen LogP contribution in [0, 0.1) is 6.92 Å². The van der Waals surface area contributed by atoms with E-state index >= 15 is 0 Å². The molecule has 0 saturated heterocycles. The molecule has 2 aromatic rings. The lowest BCUT2D eigenvalue weighted by Crippen LogP contribution is -2.08. The van der Waals surface area contributed by atoms with Crippen LogP contribution in [0.2, 0.25) is 0 Å². The van der Waals surface area contributed by atoms with Crippen LogP contribution >= 0.6 is 15.9 Å². The van der Waals surface area contributed by atoms with Crippen LogP contribution in [0.3, 0.4) is 0 Å². The Kier molecular flexibility index (Phi) is 3.52. The van der Waals surface area contributed by atoms with Gasteiger partial charge in [-0.1, -0.05) is 34.1 Å². The summed E-state index contributed by atoms with van der Waals surface area (Å²) < 4.78 is 0.939. The number of nitrogens with one attached hydrogen (secondary N) is 1. The van der Waals surface area contributed by atoms with Crippen LogP contribution in [0.15, 0.2) is 28.7 Å². The molecule has 0 saturated carbocycles. The Bertz CT molecular complexity index is 592. The Morgan fingerprint density at radius 2 is 2.11 bits per heavy atom. The van der Waals surface area contributed by atoms with Gasteiger partial charge < -0.3 is 10.1 Å². The number of H-pyrrole nitrogens is 1. The minimum atomic E-state index is -0.887. The van der Waals surface area contributed by atoms with Gasteiger partial charge >= 0.3 is 5.97 Å². The molecular formula is C13H13BrN2O2. The van der Waals surface area contributed by atoms with Crippen molar-refractivity contribution in [2.45, 2.75) is 19.8 Å². The lowest BCUT2D eigenvalue weighted by atomic mass is 10.1. The SMILES string of the molecule is Cc1[nH]c(C(C)C(=O)O)nc1-c1ccccc1Br. The van der Waals surface area contributed by atoms with Gasteiger partial charge in [0, 0.05) is 15.7 Å². The smallest absolute Gasteiger partial charge is 0.313 e. The van der Waals surface area contributed by atoms with E-state index in [2.05, 4.69) is 25.9 Å². The van der Waals surface area contributed by atoms with Crippen LogP contribution in [0.1, 0.15) is 24.4 Å². The summed E-state index contributed by atoms with van der Waals surface area (Å²) >= 11 is 3.47. The molecule has 1 aromatic carbocycles. The monoisotopic (exact) mass is 308 g/mol. The molecule has 94 valence electrons. The number of imidazole rings is 1. The lowest BCUT2D eigenvalue weighted by molar-refractivity contribution is -0.138. The predicted octanol–water partition coefficient (Wildman–Crippen LogP) is 3.34. The van der Waals surface area contributed by atoms with E-state index in [1.165, 1.54) is 0 Å². The van der Waals surface area contributed by atoms with Crippen molar-refractivity contribution in [2.75, 3.05) is 0 Å². The van der Waals surface area contributed by atoms with Crippen LogP contribution in [0.4, 0.5) is 0 Å². The second-order valence-corrected chi connectivity index (χ2v) is 4.99. The fourth-order valence-electron chi connectivity index (χ4n) is 1.72. The minimum Gasteiger partial charge on any atom is -0.481 e. The third-order valence-electron chi connectivity index (χ3n) is 2.81. The van der Waals surface area contributed by atoms with Gasteiger partial charge in [0.05, 0.1) is 5.69 Å². The van der Waals surface area contributed by atoms with E-state index in [0.717, 1.165) is 21.4 Å². The number of aromatic nitrogens is 2. The van der Waals surface area contributed by atoms with E-state index in [9.17, 15) is 4.79 Å². The summed E-state index contributed by atoms with van der Waals surface area (Å²) in [5, 5.41) is 8.99. The quantitative estimate of drug-likeness (QED) is 0.914. The summed E-state index contributed by atoms with van der Waals surface area (Å²) in [6.07, 6.45) is 0. The molecule has 1 unspecified atom stereocenters. The fraction of sp³-hybridized carbons (Fsp3) is 0.231. The molecule has 1 heterocycles. The van der Waals surface area contributed by atoms with Gasteiger partial charge in [-0.05, 0) is 19.9 Å². The van der Waals surface area contributed by atoms with Crippen molar-refractivity contribution in [3.05, 3.63) is 40.3 Å². The number of carbonyl (C=O) groups is 1. The summed E-state index contributed by atoms with van der Waals surface area (Å²) in [4.78, 5) is 18.4. The van der Waals surface area contributed by atoms with Crippen molar-refractivity contribution in [1.82, 2.24) is 9.97 Å². The van der Waals surface area contributed by atoms with E-state index in [0.29, 0.717) is 5.82 Å². The second kappa shape index (κ2) is 4.94. The predicted molar refractivity (Wildman–Crippen MR) is 72.5 cm³/mol. The van der Waals surface area contributed by atoms with Crippen LogP contribution in [0.5, 0.6) is 0 Å². The van der Waals surface area contributed by atoms with E-state index < -0.39 is 11.9 Å². The number of hydrogen-bond donors (Lipinski definition) is 2. The Hall–Kier alpha value is -1.62. The van der Waals surface area contributed by atoms with E-state index in [1.54, 1.807) is 6.92 Å². The molecule has 4 nitrogen and oxygen atoms in total. The normalized spacial score (nSPS) is 12.4. The Morgan fingerprint density at radius 3 is 2.72 bits per heavy atom. The Labute approximate surface area is 113 Å². The number of hydrogen-bond acceptors (Lipinski definition) is 2. The molecule has 0 aliphatic carbocycles. The minimum absolute atomic E-state index is 0.478.